The summed E-state index contributed by atoms with van der Waals surface area (Å²) >= 11 is 0. The van der Waals surface area contributed by atoms with E-state index in [4.69, 9.17) is 4.74 Å². The van der Waals surface area contributed by atoms with Crippen LogP contribution in [0.2, 0.25) is 0 Å². The van der Waals surface area contributed by atoms with Gasteiger partial charge in [0.25, 0.3) is 0 Å². The molecule has 0 radical (unpaired) electrons. The van der Waals surface area contributed by atoms with Gasteiger partial charge in [-0.05, 0) is 44.9 Å². The highest BCUT2D eigenvalue weighted by Gasteiger charge is 2.72. The zero-order valence-corrected chi connectivity index (χ0v) is 20.2. The molecule has 186 valence electrons. The third-order valence-corrected chi connectivity index (χ3v) is 7.40. The van der Waals surface area contributed by atoms with Crippen molar-refractivity contribution < 1.29 is 32.9 Å². The maximum atomic E-state index is 14.5. The minimum absolute atomic E-state index is 0.0261. The molecule has 3 heterocycles. The van der Waals surface area contributed by atoms with E-state index in [1.807, 2.05) is 0 Å². The largest absolute Gasteiger partial charge is 0.541 e. The van der Waals surface area contributed by atoms with Gasteiger partial charge in [-0.25, -0.2) is 9.59 Å². The Labute approximate surface area is 201 Å². The number of ether oxygens (including phenoxy) is 1. The molecule has 2 spiro atoms. The van der Waals surface area contributed by atoms with Gasteiger partial charge in [0.05, 0.1) is 0 Å². The van der Waals surface area contributed by atoms with E-state index in [0.717, 1.165) is 57.8 Å². The van der Waals surface area contributed by atoms with Gasteiger partial charge in [-0.2, -0.15) is 14.6 Å². The maximum absolute atomic E-state index is 14.5. The first kappa shape index (κ1) is 26.1. The summed E-state index contributed by atoms with van der Waals surface area (Å²) in [6, 6.07) is -0.420. The number of carbonyl (C=O) groups excluding carboxylic acids is 4. The van der Waals surface area contributed by atoms with Crippen LogP contribution in [0.1, 0.15) is 90.4 Å². The number of quaternary nitrogens is 2. The first-order valence-electron chi connectivity index (χ1n) is 12.8. The summed E-state index contributed by atoms with van der Waals surface area (Å²) in [5, 5.41) is 0. The summed E-state index contributed by atoms with van der Waals surface area (Å²) in [5.74, 6) is 0. The molecule has 3 rings (SSSR count). The van der Waals surface area contributed by atoms with Gasteiger partial charge in [0.15, 0.2) is 0 Å². The number of carbonyl (C=O) groups is 2. The van der Waals surface area contributed by atoms with Crippen LogP contribution in [0, 0.1) is 0 Å². The number of isocyanates is 2. The van der Waals surface area contributed by atoms with Crippen LogP contribution in [-0.4, -0.2) is 71.2 Å². The van der Waals surface area contributed by atoms with Crippen LogP contribution in [0.3, 0.4) is 0 Å². The monoisotopic (exact) mass is 475 g/mol. The Bertz CT molecular complexity index is 879. The van der Waals surface area contributed by atoms with Gasteiger partial charge in [-0.15, -0.1) is 14.5 Å². The first-order valence-corrected chi connectivity index (χ1v) is 12.8. The minimum Gasteiger partial charge on any atom is -0.314 e. The second kappa shape index (κ2) is 12.3. The summed E-state index contributed by atoms with van der Waals surface area (Å²) in [4.78, 5) is 63.3. The molecular weight excluding hydrogens is 438 g/mol. The molecule has 10 heteroatoms. The van der Waals surface area contributed by atoms with Gasteiger partial charge in [-0.3, -0.25) is 0 Å². The van der Waals surface area contributed by atoms with Gasteiger partial charge in [0.2, 0.25) is 24.5 Å². The van der Waals surface area contributed by atoms with Crippen LogP contribution in [0.4, 0.5) is 9.59 Å². The Kier molecular flexibility index (Phi) is 9.42. The number of hydrogen-bond donors (Lipinski definition) is 0. The number of aliphatic imine (C=N–C) groups is 3. The molecule has 3 amide bonds. The van der Waals surface area contributed by atoms with E-state index < -0.39 is 33.4 Å². The molecule has 34 heavy (non-hydrogen) atoms. The standard InChI is InChI=1S/C24H37N5O5/c1-2-3-4-5-10-15-25-22-28(16-11-6-8-13-20(28)26-18-30)23(32)29(24(33)34-22)17-12-7-9-14-21(29)27-19-31/h20-21H,2-17H2,1H3/q+2. The topological polar surface area (TPSA) is 115 Å². The fourth-order valence-corrected chi connectivity index (χ4v) is 5.57. The minimum atomic E-state index is -0.894. The molecule has 3 aliphatic rings. The predicted octanol–water partition coefficient (Wildman–Crippen LogP) is 4.69. The van der Waals surface area contributed by atoms with Gasteiger partial charge < -0.3 is 4.74 Å². The molecule has 0 aliphatic carbocycles. The van der Waals surface area contributed by atoms with Crippen molar-refractivity contribution in [3.63, 3.8) is 0 Å². The van der Waals surface area contributed by atoms with E-state index in [0.29, 0.717) is 38.8 Å². The highest BCUT2D eigenvalue weighted by molar-refractivity contribution is 5.94. The van der Waals surface area contributed by atoms with E-state index in [9.17, 15) is 19.2 Å². The van der Waals surface area contributed by atoms with Crippen LogP contribution < -0.4 is 0 Å². The van der Waals surface area contributed by atoms with Crippen molar-refractivity contribution in [2.75, 3.05) is 19.6 Å². The zero-order chi connectivity index (χ0) is 24.4. The normalized spacial score (nSPS) is 33.0. The first-order chi connectivity index (χ1) is 16.6. The molecule has 4 atom stereocenters. The molecule has 3 aliphatic heterocycles. The van der Waals surface area contributed by atoms with Crippen molar-refractivity contribution in [3.8, 4) is 0 Å². The number of cyclic esters (lactones) is 1. The number of urea groups is 1. The van der Waals surface area contributed by atoms with E-state index >= 15 is 0 Å². The highest BCUT2D eigenvalue weighted by Crippen LogP contribution is 2.40. The summed E-state index contributed by atoms with van der Waals surface area (Å²) in [6.07, 6.45) is 11.4. The summed E-state index contributed by atoms with van der Waals surface area (Å²) in [5.41, 5.74) is 0. The maximum Gasteiger partial charge on any atom is 0.541 e. The van der Waals surface area contributed by atoms with E-state index in [1.54, 1.807) is 12.2 Å². The number of amides is 3. The highest BCUT2D eigenvalue weighted by atomic mass is 16.6. The van der Waals surface area contributed by atoms with Crippen molar-refractivity contribution in [2.45, 2.75) is 103 Å². The van der Waals surface area contributed by atoms with Crippen molar-refractivity contribution in [1.82, 2.24) is 0 Å². The summed E-state index contributed by atoms with van der Waals surface area (Å²) in [7, 11) is 0. The summed E-state index contributed by atoms with van der Waals surface area (Å²) < 4.78 is 4.78. The van der Waals surface area contributed by atoms with Crippen LogP contribution in [0.15, 0.2) is 15.0 Å². The number of amidine groups is 1. The van der Waals surface area contributed by atoms with E-state index in [-0.39, 0.29) is 12.6 Å². The smallest absolute Gasteiger partial charge is 0.314 e. The molecule has 3 saturated heterocycles. The third kappa shape index (κ3) is 4.96. The molecule has 3 fully saturated rings. The number of hydrogen-bond acceptors (Lipinski definition) is 8. The van der Waals surface area contributed by atoms with Gasteiger partial charge >= 0.3 is 18.1 Å². The van der Waals surface area contributed by atoms with Crippen molar-refractivity contribution in [2.24, 2.45) is 15.0 Å². The van der Waals surface area contributed by atoms with Crippen molar-refractivity contribution in [1.29, 1.82) is 0 Å². The number of nitrogens with zero attached hydrogens (tertiary/aromatic N) is 5. The molecule has 10 nitrogen and oxygen atoms in total. The van der Waals surface area contributed by atoms with E-state index in [1.165, 1.54) is 0 Å². The van der Waals surface area contributed by atoms with Crippen LogP contribution in [0.25, 0.3) is 0 Å². The van der Waals surface area contributed by atoms with Gasteiger partial charge in [0, 0.05) is 19.4 Å². The third-order valence-electron chi connectivity index (χ3n) is 7.40. The summed E-state index contributed by atoms with van der Waals surface area (Å²) in [6.45, 7) is 3.09. The van der Waals surface area contributed by atoms with Crippen LogP contribution in [-0.2, 0) is 14.3 Å². The number of imide groups is 1. The Morgan fingerprint density at radius 2 is 1.41 bits per heavy atom. The Hall–Kier alpha value is -2.51. The van der Waals surface area contributed by atoms with Gasteiger partial charge in [0.1, 0.15) is 13.1 Å². The fourth-order valence-electron chi connectivity index (χ4n) is 5.57. The molecule has 0 aromatic heterocycles. The average Bonchev–Trinajstić information content (AvgIpc) is 3.17. The average molecular weight is 476 g/mol. The molecule has 0 N–H and O–H groups in total. The lowest BCUT2D eigenvalue weighted by Gasteiger charge is -2.45. The molecule has 0 aromatic rings. The lowest BCUT2D eigenvalue weighted by atomic mass is 10.1. The Morgan fingerprint density at radius 1 is 0.824 bits per heavy atom. The second-order valence-corrected chi connectivity index (χ2v) is 9.51. The fraction of sp³-hybridized carbons (Fsp3) is 0.792. The number of rotatable bonds is 8. The molecule has 0 saturated carbocycles. The second-order valence-electron chi connectivity index (χ2n) is 9.51. The number of unbranched alkanes of at least 4 members (excludes halogenated alkanes) is 4. The lowest BCUT2D eigenvalue weighted by molar-refractivity contribution is -0.935. The van der Waals surface area contributed by atoms with Gasteiger partial charge in [-0.1, -0.05) is 37.1 Å². The molecule has 0 bridgehead atoms. The SMILES string of the molecule is CCCCCCCN=C1OC(=O)[N+]2(CCCCCC2N=C=O)C(=O)[N+]12CCCCCC2N=C=O. The van der Waals surface area contributed by atoms with Crippen molar-refractivity contribution in [3.05, 3.63) is 0 Å². The predicted molar refractivity (Wildman–Crippen MR) is 124 cm³/mol. The quantitative estimate of drug-likeness (QED) is 0.219. The van der Waals surface area contributed by atoms with Crippen molar-refractivity contribution >= 4 is 30.3 Å². The van der Waals surface area contributed by atoms with E-state index in [2.05, 4.69) is 21.9 Å². The Balaban J connectivity index is 2.08. The molecule has 0 aromatic carbocycles. The van der Waals surface area contributed by atoms with Crippen LogP contribution >= 0.6 is 0 Å². The van der Waals surface area contributed by atoms with Crippen LogP contribution in [0.5, 0.6) is 0 Å². The zero-order valence-electron chi connectivity index (χ0n) is 20.2. The lowest BCUT2D eigenvalue weighted by Crippen LogP contribution is -2.79. The Morgan fingerprint density at radius 3 is 2.03 bits per heavy atom. The molecule has 4 unspecified atom stereocenters. The molecular formula is C24H37N5O5+2.